The van der Waals surface area contributed by atoms with E-state index in [2.05, 4.69) is 0 Å². The van der Waals surface area contributed by atoms with Crippen molar-refractivity contribution in [1.82, 2.24) is 9.80 Å². The Morgan fingerprint density at radius 2 is 2.00 bits per heavy atom. The number of hydrogen-bond donors (Lipinski definition) is 0. The van der Waals surface area contributed by atoms with Gasteiger partial charge in [-0.1, -0.05) is 11.6 Å². The Bertz CT molecular complexity index is 750. The molecule has 1 saturated heterocycles. The third kappa shape index (κ3) is 5.63. The molecule has 1 aliphatic rings. The maximum atomic E-state index is 12.1. The second-order valence-corrected chi connectivity index (χ2v) is 6.15. The molecule has 0 N–H and O–H groups in total. The first-order valence-corrected chi connectivity index (χ1v) is 8.38. The molecule has 11 heteroatoms. The fraction of sp³-hybridized carbons (Fsp3) is 0.438. The summed E-state index contributed by atoms with van der Waals surface area (Å²) in [6.45, 7) is 1.09. The average Bonchev–Trinajstić information content (AvgIpc) is 2.66. The summed E-state index contributed by atoms with van der Waals surface area (Å²) in [5, 5.41) is 10.7. The van der Waals surface area contributed by atoms with Crippen LogP contribution in [0.25, 0.3) is 0 Å². The van der Waals surface area contributed by atoms with Crippen molar-refractivity contribution in [2.24, 2.45) is 0 Å². The number of halogens is 1. The predicted octanol–water partition coefficient (Wildman–Crippen LogP) is 0.722. The van der Waals surface area contributed by atoms with E-state index >= 15 is 0 Å². The molecule has 0 atom stereocenters. The maximum Gasteiger partial charge on any atom is 0.338 e. The minimum absolute atomic E-state index is 0.106. The maximum absolute atomic E-state index is 12.1. The number of nitro groups is 1. The van der Waals surface area contributed by atoms with Crippen LogP contribution in [-0.2, 0) is 19.1 Å². The van der Waals surface area contributed by atoms with Crippen molar-refractivity contribution in [2.75, 3.05) is 46.5 Å². The number of hydrogen-bond acceptors (Lipinski definition) is 7. The van der Waals surface area contributed by atoms with Gasteiger partial charge in [-0.2, -0.15) is 0 Å². The van der Waals surface area contributed by atoms with Crippen molar-refractivity contribution in [3.8, 4) is 0 Å². The Hall–Kier alpha value is -2.72. The van der Waals surface area contributed by atoms with Gasteiger partial charge >= 0.3 is 5.97 Å². The Morgan fingerprint density at radius 3 is 2.63 bits per heavy atom. The normalized spacial score (nSPS) is 13.8. The molecule has 1 aromatic carbocycles. The average molecular weight is 400 g/mol. The van der Waals surface area contributed by atoms with Gasteiger partial charge in [0.25, 0.3) is 11.6 Å². The van der Waals surface area contributed by atoms with Gasteiger partial charge < -0.3 is 19.3 Å². The second kappa shape index (κ2) is 9.28. The predicted molar refractivity (Wildman–Crippen MR) is 93.4 cm³/mol. The molecule has 0 spiro atoms. The van der Waals surface area contributed by atoms with Crippen LogP contribution in [0.15, 0.2) is 18.2 Å². The van der Waals surface area contributed by atoms with Crippen LogP contribution in [0.4, 0.5) is 5.69 Å². The SMILES string of the molecule is CN(CC(=O)N1CCOCC1)C(=O)COC(=O)c1ccc(Cl)c([N+](=O)[O-])c1. The first-order valence-electron chi connectivity index (χ1n) is 8.00. The lowest BCUT2D eigenvalue weighted by atomic mass is 10.2. The summed E-state index contributed by atoms with van der Waals surface area (Å²) in [5.74, 6) is -1.71. The molecule has 27 heavy (non-hydrogen) atoms. The van der Waals surface area contributed by atoms with E-state index in [-0.39, 0.29) is 23.0 Å². The number of nitro benzene ring substituents is 1. The highest BCUT2D eigenvalue weighted by Gasteiger charge is 2.22. The smallest absolute Gasteiger partial charge is 0.338 e. The van der Waals surface area contributed by atoms with Crippen LogP contribution in [0.1, 0.15) is 10.4 Å². The van der Waals surface area contributed by atoms with Crippen LogP contribution in [0.3, 0.4) is 0 Å². The number of rotatable bonds is 6. The monoisotopic (exact) mass is 399 g/mol. The molecule has 1 heterocycles. The number of nitrogens with zero attached hydrogens (tertiary/aromatic N) is 3. The molecule has 10 nitrogen and oxygen atoms in total. The van der Waals surface area contributed by atoms with E-state index in [4.69, 9.17) is 21.1 Å². The highest BCUT2D eigenvalue weighted by atomic mass is 35.5. The fourth-order valence-electron chi connectivity index (χ4n) is 2.30. The molecule has 1 aliphatic heterocycles. The molecule has 0 bridgehead atoms. The zero-order valence-corrected chi connectivity index (χ0v) is 15.3. The second-order valence-electron chi connectivity index (χ2n) is 5.74. The number of amides is 2. The molecule has 0 unspecified atom stereocenters. The fourth-order valence-corrected chi connectivity index (χ4v) is 2.49. The van der Waals surface area contributed by atoms with Crippen molar-refractivity contribution < 1.29 is 28.8 Å². The third-order valence-corrected chi connectivity index (χ3v) is 4.19. The van der Waals surface area contributed by atoms with Crippen LogP contribution in [0.2, 0.25) is 5.02 Å². The van der Waals surface area contributed by atoms with Gasteiger partial charge in [0, 0.05) is 26.2 Å². The molecule has 0 radical (unpaired) electrons. The molecular weight excluding hydrogens is 382 g/mol. The van der Waals surface area contributed by atoms with E-state index in [1.165, 1.54) is 19.2 Å². The minimum Gasteiger partial charge on any atom is -0.452 e. The highest BCUT2D eigenvalue weighted by Crippen LogP contribution is 2.25. The lowest BCUT2D eigenvalue weighted by Crippen LogP contribution is -2.46. The van der Waals surface area contributed by atoms with Crippen LogP contribution in [0, 0.1) is 10.1 Å². The van der Waals surface area contributed by atoms with Gasteiger partial charge in [-0.05, 0) is 12.1 Å². The van der Waals surface area contributed by atoms with Gasteiger partial charge in [-0.15, -0.1) is 0 Å². The van der Waals surface area contributed by atoms with Gasteiger partial charge in [-0.3, -0.25) is 19.7 Å². The lowest BCUT2D eigenvalue weighted by Gasteiger charge is -2.28. The highest BCUT2D eigenvalue weighted by molar-refractivity contribution is 6.32. The van der Waals surface area contributed by atoms with E-state index in [0.29, 0.717) is 26.3 Å². The van der Waals surface area contributed by atoms with Crippen molar-refractivity contribution in [2.45, 2.75) is 0 Å². The molecule has 0 aromatic heterocycles. The van der Waals surface area contributed by atoms with Gasteiger partial charge in [0.15, 0.2) is 6.61 Å². The van der Waals surface area contributed by atoms with E-state index in [1.807, 2.05) is 0 Å². The van der Waals surface area contributed by atoms with E-state index in [9.17, 15) is 24.5 Å². The van der Waals surface area contributed by atoms with Crippen molar-refractivity contribution >= 4 is 35.1 Å². The number of likely N-dealkylation sites (N-methyl/N-ethyl adjacent to an activating group) is 1. The van der Waals surface area contributed by atoms with Crippen LogP contribution >= 0.6 is 11.6 Å². The molecule has 0 aliphatic carbocycles. The lowest BCUT2D eigenvalue weighted by molar-refractivity contribution is -0.384. The summed E-state index contributed by atoms with van der Waals surface area (Å²) in [6.07, 6.45) is 0. The number of ether oxygens (including phenoxy) is 2. The summed E-state index contributed by atoms with van der Waals surface area (Å²) >= 11 is 5.68. The Kier molecular flexibility index (Phi) is 7.08. The number of benzene rings is 1. The molecule has 1 aromatic rings. The number of morpholine rings is 1. The number of esters is 1. The Morgan fingerprint density at radius 1 is 1.33 bits per heavy atom. The summed E-state index contributed by atoms with van der Waals surface area (Å²) in [5.41, 5.74) is -0.545. The van der Waals surface area contributed by atoms with E-state index in [1.54, 1.807) is 4.90 Å². The topological polar surface area (TPSA) is 119 Å². The van der Waals surface area contributed by atoms with E-state index in [0.717, 1.165) is 11.0 Å². The van der Waals surface area contributed by atoms with Crippen molar-refractivity contribution in [3.05, 3.63) is 38.9 Å². The molecule has 0 saturated carbocycles. The molecule has 146 valence electrons. The quantitative estimate of drug-likeness (QED) is 0.392. The molecule has 2 amide bonds. The zero-order valence-electron chi connectivity index (χ0n) is 14.6. The Labute approximate surface area is 159 Å². The first kappa shape index (κ1) is 20.6. The Balaban J connectivity index is 1.86. The molecule has 2 rings (SSSR count). The molecular formula is C16H18ClN3O7. The number of carbonyl (C=O) groups is 3. The molecule has 1 fully saturated rings. The first-order chi connectivity index (χ1) is 12.8. The summed E-state index contributed by atoms with van der Waals surface area (Å²) in [7, 11) is 1.42. The standard InChI is InChI=1S/C16H18ClN3O7/c1-18(9-14(21)19-4-6-26-7-5-19)15(22)10-27-16(23)11-2-3-12(17)13(8-11)20(24)25/h2-3,8H,4-7,9-10H2,1H3. The summed E-state index contributed by atoms with van der Waals surface area (Å²) < 4.78 is 10.0. The van der Waals surface area contributed by atoms with Crippen molar-refractivity contribution in [1.29, 1.82) is 0 Å². The van der Waals surface area contributed by atoms with Crippen LogP contribution < -0.4 is 0 Å². The summed E-state index contributed by atoms with van der Waals surface area (Å²) in [6, 6.07) is 3.43. The third-order valence-electron chi connectivity index (χ3n) is 3.87. The van der Waals surface area contributed by atoms with Crippen LogP contribution in [0.5, 0.6) is 0 Å². The number of carbonyl (C=O) groups excluding carboxylic acids is 3. The van der Waals surface area contributed by atoms with Crippen molar-refractivity contribution in [3.63, 3.8) is 0 Å². The van der Waals surface area contributed by atoms with Gasteiger partial charge in [0.2, 0.25) is 5.91 Å². The van der Waals surface area contributed by atoms with Gasteiger partial charge in [0.05, 0.1) is 30.2 Å². The minimum atomic E-state index is -0.906. The largest absolute Gasteiger partial charge is 0.452 e. The van der Waals surface area contributed by atoms with Gasteiger partial charge in [0.1, 0.15) is 5.02 Å². The van der Waals surface area contributed by atoms with Crippen LogP contribution in [-0.4, -0.2) is 79.0 Å². The van der Waals surface area contributed by atoms with Gasteiger partial charge in [-0.25, -0.2) is 4.79 Å². The zero-order chi connectivity index (χ0) is 20.0. The van der Waals surface area contributed by atoms with E-state index < -0.39 is 29.1 Å². The summed E-state index contributed by atoms with van der Waals surface area (Å²) in [4.78, 5) is 49.0.